The van der Waals surface area contributed by atoms with Crippen molar-refractivity contribution in [2.45, 2.75) is 53.0 Å². The Kier molecular flexibility index (Phi) is 9.30. The minimum atomic E-state index is 0.0851. The van der Waals surface area contributed by atoms with E-state index in [1.54, 1.807) is 0 Å². The summed E-state index contributed by atoms with van der Waals surface area (Å²) in [6.07, 6.45) is 11.6. The van der Waals surface area contributed by atoms with E-state index in [0.717, 1.165) is 53.2 Å². The van der Waals surface area contributed by atoms with E-state index in [2.05, 4.69) is 83.9 Å². The predicted octanol–water partition coefficient (Wildman–Crippen LogP) is 4.76. The molecule has 1 unspecified atom stereocenters. The molecule has 5 N–H and O–H groups in total. The molecule has 0 radical (unpaired) electrons. The van der Waals surface area contributed by atoms with Crippen LogP contribution in [0, 0.1) is 6.92 Å². The number of nitrogens with one attached hydrogen (secondary N) is 3. The van der Waals surface area contributed by atoms with Gasteiger partial charge in [-0.25, -0.2) is 0 Å². The largest absolute Gasteiger partial charge is 0.385 e. The van der Waals surface area contributed by atoms with Crippen molar-refractivity contribution in [1.82, 2.24) is 19.9 Å². The Bertz CT molecular complexity index is 1010. The predicted molar refractivity (Wildman–Crippen MR) is 147 cm³/mol. The second-order valence-electron chi connectivity index (χ2n) is 9.12. The van der Waals surface area contributed by atoms with Crippen LogP contribution in [-0.2, 0) is 6.42 Å². The number of pyridine rings is 1. The van der Waals surface area contributed by atoms with Crippen LogP contribution in [0.25, 0.3) is 0 Å². The molecule has 7 heteroatoms. The number of hydrogen-bond donors (Lipinski definition) is 4. The van der Waals surface area contributed by atoms with Crippen molar-refractivity contribution in [1.29, 1.82) is 0 Å². The molecule has 1 atom stereocenters. The summed E-state index contributed by atoms with van der Waals surface area (Å²) in [5.74, 6) is 1.80. The average molecular weight is 481 g/mol. The second kappa shape index (κ2) is 12.2. The van der Waals surface area contributed by atoms with Crippen molar-refractivity contribution >= 4 is 17.6 Å². The number of nitrogens with two attached hydrogens (primary N) is 1. The summed E-state index contributed by atoms with van der Waals surface area (Å²) < 4.78 is 2.31. The van der Waals surface area contributed by atoms with E-state index in [1.165, 1.54) is 23.3 Å². The summed E-state index contributed by atoms with van der Waals surface area (Å²) in [6, 6.07) is 2.19. The quantitative estimate of drug-likeness (QED) is 0.284. The number of nitrogens with zero attached hydrogens (tertiary/aromatic N) is 2. The summed E-state index contributed by atoms with van der Waals surface area (Å²) in [5.41, 5.74) is 15.4. The lowest BCUT2D eigenvalue weighted by molar-refractivity contribution is 0.646. The number of anilines is 1. The lowest BCUT2D eigenvalue weighted by Gasteiger charge is -2.22. The molecule has 2 aliphatic rings. The molecule has 1 aromatic heterocycles. The van der Waals surface area contributed by atoms with Crippen LogP contribution in [0.15, 0.2) is 71.0 Å². The summed E-state index contributed by atoms with van der Waals surface area (Å²) in [5, 5.41) is 10.4. The molecule has 3 heterocycles. The highest BCUT2D eigenvalue weighted by Crippen LogP contribution is 2.30. The van der Waals surface area contributed by atoms with Gasteiger partial charge in [-0.05, 0) is 75.9 Å². The third kappa shape index (κ3) is 6.70. The van der Waals surface area contributed by atoms with Crippen LogP contribution >= 0.6 is 11.9 Å². The molecule has 0 bridgehead atoms. The molecule has 0 aromatic carbocycles. The SMILES string of the molecule is C=C(/C(CNC)=C(\N)Nc1cnc(CC)cc1C)C1CC(C=C(C)C)=C(/C=C/N2CCCS2)N1. The highest BCUT2D eigenvalue weighted by atomic mass is 32.2. The fourth-order valence-electron chi connectivity index (χ4n) is 4.18. The maximum Gasteiger partial charge on any atom is 0.105 e. The van der Waals surface area contributed by atoms with Gasteiger partial charge >= 0.3 is 0 Å². The van der Waals surface area contributed by atoms with Gasteiger partial charge in [-0.2, -0.15) is 0 Å². The molecule has 2 aliphatic heterocycles. The van der Waals surface area contributed by atoms with Crippen molar-refractivity contribution in [2.24, 2.45) is 5.73 Å². The number of aryl methyl sites for hydroxylation is 2. The van der Waals surface area contributed by atoms with E-state index in [4.69, 9.17) is 5.73 Å². The second-order valence-corrected chi connectivity index (χ2v) is 10.3. The maximum absolute atomic E-state index is 6.60. The molecule has 0 aliphatic carbocycles. The van der Waals surface area contributed by atoms with Crippen LogP contribution in [0.1, 0.15) is 44.9 Å². The normalized spacial score (nSPS) is 18.9. The minimum absolute atomic E-state index is 0.0851. The van der Waals surface area contributed by atoms with E-state index in [1.807, 2.05) is 25.2 Å². The summed E-state index contributed by atoms with van der Waals surface area (Å²) >= 11 is 1.89. The van der Waals surface area contributed by atoms with Crippen LogP contribution < -0.4 is 21.7 Å². The van der Waals surface area contributed by atoms with E-state index < -0.39 is 0 Å². The summed E-state index contributed by atoms with van der Waals surface area (Å²) in [6.45, 7) is 14.7. The maximum atomic E-state index is 6.60. The highest BCUT2D eigenvalue weighted by Gasteiger charge is 2.26. The standard InChI is InChI=1S/C27H40N6S/c1-7-22-14-19(4)26(17-30-22)32-27(28)23(16-29-6)20(5)25-15-21(13-18(2)3)24(31-25)9-11-33-10-8-12-34-33/h9,11,13-14,17,25,29,31-32H,5,7-8,10,12,15-16,28H2,1-4,6H3/b11-9+,27-23+. The van der Waals surface area contributed by atoms with Crippen LogP contribution in [-0.4, -0.2) is 41.2 Å². The smallest absolute Gasteiger partial charge is 0.105 e. The number of aromatic nitrogens is 1. The van der Waals surface area contributed by atoms with Gasteiger partial charge in [-0.1, -0.05) is 37.1 Å². The lowest BCUT2D eigenvalue weighted by Crippen LogP contribution is -2.30. The van der Waals surface area contributed by atoms with Gasteiger partial charge in [0.25, 0.3) is 0 Å². The minimum Gasteiger partial charge on any atom is -0.385 e. The van der Waals surface area contributed by atoms with Crippen LogP contribution in [0.3, 0.4) is 0 Å². The Balaban J connectivity index is 1.81. The van der Waals surface area contributed by atoms with E-state index in [9.17, 15) is 0 Å². The molecule has 1 aromatic rings. The van der Waals surface area contributed by atoms with Gasteiger partial charge in [0, 0.05) is 42.0 Å². The number of hydrogen-bond acceptors (Lipinski definition) is 7. The molecule has 34 heavy (non-hydrogen) atoms. The topological polar surface area (TPSA) is 78.2 Å². The first-order valence-corrected chi connectivity index (χ1v) is 13.0. The first-order valence-electron chi connectivity index (χ1n) is 12.1. The van der Waals surface area contributed by atoms with Crippen molar-refractivity contribution in [2.75, 3.05) is 31.2 Å². The fourth-order valence-corrected chi connectivity index (χ4v) is 5.08. The van der Waals surface area contributed by atoms with Gasteiger partial charge in [-0.15, -0.1) is 0 Å². The van der Waals surface area contributed by atoms with Crippen LogP contribution in [0.5, 0.6) is 0 Å². The average Bonchev–Trinajstić information content (AvgIpc) is 3.46. The monoisotopic (exact) mass is 480 g/mol. The zero-order chi connectivity index (χ0) is 24.7. The number of likely N-dealkylation sites (N-methyl/N-ethyl adjacent to an activating group) is 1. The van der Waals surface area contributed by atoms with E-state index >= 15 is 0 Å². The molecular weight excluding hydrogens is 440 g/mol. The summed E-state index contributed by atoms with van der Waals surface area (Å²) in [4.78, 5) is 4.52. The zero-order valence-corrected chi connectivity index (χ0v) is 22.1. The Hall–Kier alpha value is -2.64. The number of allylic oxidation sites excluding steroid dienone is 3. The lowest BCUT2D eigenvalue weighted by atomic mass is 9.96. The highest BCUT2D eigenvalue weighted by molar-refractivity contribution is 7.97. The Labute approximate surface area is 209 Å². The third-order valence-corrected chi connectivity index (χ3v) is 7.14. The van der Waals surface area contributed by atoms with Crippen LogP contribution in [0.4, 0.5) is 5.69 Å². The first-order chi connectivity index (χ1) is 16.3. The van der Waals surface area contributed by atoms with Gasteiger partial charge < -0.3 is 26.0 Å². The Morgan fingerprint density at radius 3 is 2.82 bits per heavy atom. The van der Waals surface area contributed by atoms with Gasteiger partial charge in [0.15, 0.2) is 0 Å². The molecule has 184 valence electrons. The van der Waals surface area contributed by atoms with Gasteiger partial charge in [0.05, 0.1) is 17.9 Å². The van der Waals surface area contributed by atoms with Gasteiger partial charge in [0.1, 0.15) is 5.82 Å². The van der Waals surface area contributed by atoms with Gasteiger partial charge in [-0.3, -0.25) is 4.98 Å². The fraction of sp³-hybridized carbons (Fsp3) is 0.444. The first kappa shape index (κ1) is 26.0. The zero-order valence-electron chi connectivity index (χ0n) is 21.3. The molecule has 3 rings (SSSR count). The van der Waals surface area contributed by atoms with Crippen molar-refractivity contribution in [3.05, 3.63) is 82.3 Å². The third-order valence-electron chi connectivity index (χ3n) is 6.04. The Morgan fingerprint density at radius 1 is 1.41 bits per heavy atom. The molecule has 1 saturated heterocycles. The molecule has 0 saturated carbocycles. The number of rotatable bonds is 10. The van der Waals surface area contributed by atoms with E-state index in [-0.39, 0.29) is 6.04 Å². The molecule has 0 amide bonds. The van der Waals surface area contributed by atoms with Crippen LogP contribution in [0.2, 0.25) is 0 Å². The molecule has 1 fully saturated rings. The van der Waals surface area contributed by atoms with E-state index in [0.29, 0.717) is 12.4 Å². The van der Waals surface area contributed by atoms with Crippen molar-refractivity contribution < 1.29 is 0 Å². The van der Waals surface area contributed by atoms with Gasteiger partial charge in [0.2, 0.25) is 0 Å². The summed E-state index contributed by atoms with van der Waals surface area (Å²) in [7, 11) is 1.93. The molecule has 0 spiro atoms. The molecule has 6 nitrogen and oxygen atoms in total. The Morgan fingerprint density at radius 2 is 2.21 bits per heavy atom. The van der Waals surface area contributed by atoms with Crippen molar-refractivity contribution in [3.8, 4) is 0 Å². The molecular formula is C27H40N6S. The van der Waals surface area contributed by atoms with Crippen molar-refractivity contribution in [3.63, 3.8) is 0 Å².